The molecule has 5 nitrogen and oxygen atoms in total. The van der Waals surface area contributed by atoms with Crippen LogP contribution in [0.25, 0.3) is 6.08 Å². The van der Waals surface area contributed by atoms with E-state index in [4.69, 9.17) is 14.2 Å². The zero-order chi connectivity index (χ0) is 18.2. The Labute approximate surface area is 146 Å². The van der Waals surface area contributed by atoms with Crippen LogP contribution in [0.1, 0.15) is 12.5 Å². The molecule has 0 saturated carbocycles. The molecule has 0 aliphatic rings. The van der Waals surface area contributed by atoms with E-state index in [1.54, 1.807) is 68.6 Å². The van der Waals surface area contributed by atoms with Gasteiger partial charge >= 0.3 is 11.9 Å². The number of hydrogen-bond acceptors (Lipinski definition) is 5. The second-order valence-electron chi connectivity index (χ2n) is 5.17. The maximum atomic E-state index is 11.8. The first-order chi connectivity index (χ1) is 12.0. The van der Waals surface area contributed by atoms with E-state index in [2.05, 4.69) is 6.58 Å². The van der Waals surface area contributed by atoms with Crippen molar-refractivity contribution in [2.75, 3.05) is 7.11 Å². The molecule has 0 aliphatic carbocycles. The summed E-state index contributed by atoms with van der Waals surface area (Å²) in [7, 11) is 1.56. The van der Waals surface area contributed by atoms with Gasteiger partial charge in [0.2, 0.25) is 0 Å². The van der Waals surface area contributed by atoms with Crippen molar-refractivity contribution in [1.82, 2.24) is 0 Å². The fourth-order valence-electron chi connectivity index (χ4n) is 1.80. The predicted molar refractivity (Wildman–Crippen MR) is 94.6 cm³/mol. The normalized spacial score (nSPS) is 10.3. The lowest BCUT2D eigenvalue weighted by Crippen LogP contribution is -2.07. The number of rotatable bonds is 6. The van der Waals surface area contributed by atoms with Gasteiger partial charge in [0, 0.05) is 11.6 Å². The van der Waals surface area contributed by atoms with Gasteiger partial charge in [-0.15, -0.1) is 0 Å². The minimum atomic E-state index is -0.497. The van der Waals surface area contributed by atoms with Crippen LogP contribution in [0.4, 0.5) is 0 Å². The Morgan fingerprint density at radius 2 is 1.40 bits per heavy atom. The number of ether oxygens (including phenoxy) is 3. The summed E-state index contributed by atoms with van der Waals surface area (Å²) >= 11 is 0. The Kier molecular flexibility index (Phi) is 6.12. The van der Waals surface area contributed by atoms with Gasteiger partial charge in [0.15, 0.2) is 0 Å². The van der Waals surface area contributed by atoms with Gasteiger partial charge in [0.05, 0.1) is 7.11 Å². The first kappa shape index (κ1) is 18.0. The second kappa shape index (κ2) is 8.49. The SMILES string of the molecule is C=C(C)C(=O)Oc1ccc(/C=C/C(=O)Oc2ccc(OC)cc2)cc1. The maximum absolute atomic E-state index is 11.8. The van der Waals surface area contributed by atoms with Crippen molar-refractivity contribution in [3.05, 3.63) is 72.3 Å². The van der Waals surface area contributed by atoms with Gasteiger partial charge in [-0.3, -0.25) is 0 Å². The highest BCUT2D eigenvalue weighted by Gasteiger charge is 2.05. The largest absolute Gasteiger partial charge is 0.497 e. The average molecular weight is 338 g/mol. The van der Waals surface area contributed by atoms with Crippen LogP contribution in [0.3, 0.4) is 0 Å². The van der Waals surface area contributed by atoms with Crippen molar-refractivity contribution >= 4 is 18.0 Å². The van der Waals surface area contributed by atoms with Crippen LogP contribution in [0.15, 0.2) is 66.8 Å². The molecule has 128 valence electrons. The zero-order valence-corrected chi connectivity index (χ0v) is 14.0. The fraction of sp³-hybridized carbons (Fsp3) is 0.100. The third-order valence-electron chi connectivity index (χ3n) is 3.13. The summed E-state index contributed by atoms with van der Waals surface area (Å²) in [4.78, 5) is 23.2. The molecule has 0 unspecified atom stereocenters. The maximum Gasteiger partial charge on any atom is 0.338 e. The highest BCUT2D eigenvalue weighted by Crippen LogP contribution is 2.18. The molecular weight excluding hydrogens is 320 g/mol. The Bertz CT molecular complexity index is 786. The summed E-state index contributed by atoms with van der Waals surface area (Å²) in [5, 5.41) is 0. The molecule has 2 aromatic rings. The van der Waals surface area contributed by atoms with E-state index < -0.39 is 11.9 Å². The number of hydrogen-bond donors (Lipinski definition) is 0. The van der Waals surface area contributed by atoms with Crippen molar-refractivity contribution in [3.63, 3.8) is 0 Å². The lowest BCUT2D eigenvalue weighted by molar-refractivity contribution is -0.130. The number of methoxy groups -OCH3 is 1. The molecule has 0 aliphatic heterocycles. The Hall–Kier alpha value is -3.34. The fourth-order valence-corrected chi connectivity index (χ4v) is 1.80. The summed E-state index contributed by atoms with van der Waals surface area (Å²) in [5.41, 5.74) is 1.09. The molecule has 0 spiro atoms. The first-order valence-corrected chi connectivity index (χ1v) is 7.49. The Morgan fingerprint density at radius 3 is 1.96 bits per heavy atom. The summed E-state index contributed by atoms with van der Waals surface area (Å²) in [6, 6.07) is 13.4. The minimum absolute atomic E-state index is 0.324. The van der Waals surface area contributed by atoms with E-state index in [1.807, 2.05) is 0 Å². The van der Waals surface area contributed by atoms with Gasteiger partial charge in [-0.2, -0.15) is 0 Å². The van der Waals surface area contributed by atoms with E-state index in [0.717, 1.165) is 5.56 Å². The summed E-state index contributed by atoms with van der Waals surface area (Å²) in [6.07, 6.45) is 2.93. The lowest BCUT2D eigenvalue weighted by atomic mass is 10.2. The van der Waals surface area contributed by atoms with Crippen LogP contribution in [0, 0.1) is 0 Å². The number of benzene rings is 2. The van der Waals surface area contributed by atoms with Crippen molar-refractivity contribution in [1.29, 1.82) is 0 Å². The Morgan fingerprint density at radius 1 is 0.880 bits per heavy atom. The quantitative estimate of drug-likeness (QED) is 0.455. The van der Waals surface area contributed by atoms with Crippen LogP contribution in [-0.2, 0) is 9.59 Å². The van der Waals surface area contributed by atoms with Crippen molar-refractivity contribution in [2.24, 2.45) is 0 Å². The van der Waals surface area contributed by atoms with Crippen LogP contribution < -0.4 is 14.2 Å². The molecular formula is C20H18O5. The van der Waals surface area contributed by atoms with E-state index >= 15 is 0 Å². The average Bonchev–Trinajstić information content (AvgIpc) is 2.61. The van der Waals surface area contributed by atoms with Gasteiger partial charge < -0.3 is 14.2 Å². The van der Waals surface area contributed by atoms with Gasteiger partial charge in [0.1, 0.15) is 17.2 Å². The highest BCUT2D eigenvalue weighted by atomic mass is 16.5. The van der Waals surface area contributed by atoms with Crippen LogP contribution in [0.5, 0.6) is 17.2 Å². The third kappa shape index (κ3) is 5.66. The van der Waals surface area contributed by atoms with Crippen LogP contribution >= 0.6 is 0 Å². The van der Waals surface area contributed by atoms with Gasteiger partial charge in [-0.1, -0.05) is 18.7 Å². The third-order valence-corrected chi connectivity index (χ3v) is 3.13. The lowest BCUT2D eigenvalue weighted by Gasteiger charge is -2.04. The number of carbonyl (C=O) groups excluding carboxylic acids is 2. The summed E-state index contributed by atoms with van der Waals surface area (Å²) < 4.78 is 15.3. The summed E-state index contributed by atoms with van der Waals surface area (Å²) in [6.45, 7) is 5.09. The molecule has 0 heterocycles. The molecule has 0 aromatic heterocycles. The first-order valence-electron chi connectivity index (χ1n) is 7.49. The minimum Gasteiger partial charge on any atom is -0.497 e. The molecule has 0 radical (unpaired) electrons. The van der Waals surface area contributed by atoms with E-state index in [0.29, 0.717) is 22.8 Å². The van der Waals surface area contributed by atoms with Gasteiger partial charge in [-0.25, -0.2) is 9.59 Å². The molecule has 0 bridgehead atoms. The number of esters is 2. The van der Waals surface area contributed by atoms with E-state index in [1.165, 1.54) is 6.08 Å². The molecule has 25 heavy (non-hydrogen) atoms. The Balaban J connectivity index is 1.92. The molecule has 0 amide bonds. The zero-order valence-electron chi connectivity index (χ0n) is 14.0. The van der Waals surface area contributed by atoms with Crippen molar-refractivity contribution < 1.29 is 23.8 Å². The highest BCUT2D eigenvalue weighted by molar-refractivity contribution is 5.89. The molecule has 2 aromatic carbocycles. The van der Waals surface area contributed by atoms with E-state index in [9.17, 15) is 9.59 Å². The molecule has 0 atom stereocenters. The molecule has 0 fully saturated rings. The van der Waals surface area contributed by atoms with Gasteiger partial charge in [0.25, 0.3) is 0 Å². The van der Waals surface area contributed by atoms with Crippen LogP contribution in [-0.4, -0.2) is 19.0 Å². The summed E-state index contributed by atoms with van der Waals surface area (Å²) in [5.74, 6) is 0.542. The molecule has 0 saturated heterocycles. The van der Waals surface area contributed by atoms with Crippen molar-refractivity contribution in [2.45, 2.75) is 6.92 Å². The molecule has 5 heteroatoms. The molecule has 0 N–H and O–H groups in total. The monoisotopic (exact) mass is 338 g/mol. The topological polar surface area (TPSA) is 61.8 Å². The van der Waals surface area contributed by atoms with Crippen LogP contribution in [0.2, 0.25) is 0 Å². The molecule has 2 rings (SSSR count). The standard InChI is InChI=1S/C20H18O5/c1-14(2)20(22)25-18-7-4-15(5-8-18)6-13-19(21)24-17-11-9-16(23-3)10-12-17/h4-13H,1H2,2-3H3/b13-6+. The van der Waals surface area contributed by atoms with E-state index in [-0.39, 0.29) is 0 Å². The van der Waals surface area contributed by atoms with Crippen molar-refractivity contribution in [3.8, 4) is 17.2 Å². The second-order valence-corrected chi connectivity index (χ2v) is 5.17. The van der Waals surface area contributed by atoms with Gasteiger partial charge in [-0.05, 0) is 55.0 Å². The predicted octanol–water partition coefficient (Wildman–Crippen LogP) is 3.80. The smallest absolute Gasteiger partial charge is 0.338 e. The number of carbonyl (C=O) groups is 2.